The normalized spacial score (nSPS) is 10.1. The molecule has 0 radical (unpaired) electrons. The lowest BCUT2D eigenvalue weighted by Gasteiger charge is -2.07. The Labute approximate surface area is 111 Å². The van der Waals surface area contributed by atoms with Crippen LogP contribution in [0.1, 0.15) is 10.5 Å². The molecule has 0 aliphatic carbocycles. The molecule has 1 aromatic heterocycles. The number of nitrogens with one attached hydrogen (secondary N) is 1. The maximum absolute atomic E-state index is 12.9. The molecule has 1 aromatic carbocycles. The highest BCUT2D eigenvalue weighted by Gasteiger charge is 2.10. The van der Waals surface area contributed by atoms with Crippen molar-refractivity contribution in [2.24, 2.45) is 0 Å². The number of anilines is 2. The largest absolute Gasteiger partial charge is 0.384 e. The lowest BCUT2D eigenvalue weighted by Crippen LogP contribution is -2.14. The van der Waals surface area contributed by atoms with Gasteiger partial charge >= 0.3 is 0 Å². The molecule has 3 N–H and O–H groups in total. The van der Waals surface area contributed by atoms with Crippen LogP contribution in [0.15, 0.2) is 40.9 Å². The van der Waals surface area contributed by atoms with E-state index in [9.17, 15) is 9.18 Å². The molecule has 18 heavy (non-hydrogen) atoms. The molecular weight excluding hydrogens is 301 g/mol. The highest BCUT2D eigenvalue weighted by atomic mass is 79.9. The first kappa shape index (κ1) is 12.5. The number of aromatic nitrogens is 1. The number of pyridine rings is 1. The lowest BCUT2D eigenvalue weighted by molar-refractivity contribution is 0.102. The molecule has 2 rings (SSSR count). The zero-order valence-corrected chi connectivity index (χ0v) is 10.7. The van der Waals surface area contributed by atoms with Crippen molar-refractivity contribution >= 4 is 33.3 Å². The number of hydrogen-bond acceptors (Lipinski definition) is 3. The van der Waals surface area contributed by atoms with Crippen LogP contribution in [-0.2, 0) is 0 Å². The van der Waals surface area contributed by atoms with Crippen LogP contribution in [0.5, 0.6) is 0 Å². The zero-order valence-electron chi connectivity index (χ0n) is 9.15. The van der Waals surface area contributed by atoms with Crippen molar-refractivity contribution in [1.29, 1.82) is 0 Å². The Morgan fingerprint density at radius 2 is 2.11 bits per heavy atom. The smallest absolute Gasteiger partial charge is 0.274 e. The van der Waals surface area contributed by atoms with Gasteiger partial charge in [-0.3, -0.25) is 4.79 Å². The summed E-state index contributed by atoms with van der Waals surface area (Å²) in [5.74, 6) is -0.530. The summed E-state index contributed by atoms with van der Waals surface area (Å²) < 4.78 is 13.3. The molecule has 6 heteroatoms. The Balaban J connectivity index is 2.21. The van der Waals surface area contributed by atoms with Gasteiger partial charge in [-0.2, -0.15) is 0 Å². The third-order valence-corrected chi connectivity index (χ3v) is 2.84. The van der Waals surface area contributed by atoms with E-state index in [2.05, 4.69) is 26.2 Å². The van der Waals surface area contributed by atoms with E-state index in [-0.39, 0.29) is 17.3 Å². The topological polar surface area (TPSA) is 68.0 Å². The van der Waals surface area contributed by atoms with Crippen LogP contribution in [0.2, 0.25) is 0 Å². The second-order valence-corrected chi connectivity index (χ2v) is 4.38. The zero-order chi connectivity index (χ0) is 13.1. The van der Waals surface area contributed by atoms with Crippen molar-refractivity contribution in [3.63, 3.8) is 0 Å². The van der Waals surface area contributed by atoms with Gasteiger partial charge in [0, 0.05) is 4.47 Å². The minimum Gasteiger partial charge on any atom is -0.384 e. The Morgan fingerprint density at radius 1 is 1.33 bits per heavy atom. The van der Waals surface area contributed by atoms with Gasteiger partial charge in [-0.25, -0.2) is 9.37 Å². The fourth-order valence-electron chi connectivity index (χ4n) is 1.36. The number of hydrogen-bond donors (Lipinski definition) is 2. The number of amides is 1. The molecule has 0 saturated carbocycles. The molecule has 1 amide bonds. The SMILES string of the molecule is Nc1cccc(C(=O)Nc2ccc(F)cc2Br)n1. The van der Waals surface area contributed by atoms with Crippen molar-refractivity contribution in [3.05, 3.63) is 52.4 Å². The van der Waals surface area contributed by atoms with Crippen LogP contribution < -0.4 is 11.1 Å². The maximum atomic E-state index is 12.9. The number of halogens is 2. The number of rotatable bonds is 2. The average Bonchev–Trinajstić information content (AvgIpc) is 2.32. The van der Waals surface area contributed by atoms with Crippen molar-refractivity contribution < 1.29 is 9.18 Å². The molecule has 0 saturated heterocycles. The summed E-state index contributed by atoms with van der Waals surface area (Å²) in [6.07, 6.45) is 0. The van der Waals surface area contributed by atoms with Gasteiger partial charge in [0.1, 0.15) is 17.3 Å². The van der Waals surface area contributed by atoms with Gasteiger partial charge < -0.3 is 11.1 Å². The van der Waals surface area contributed by atoms with E-state index in [4.69, 9.17) is 5.73 Å². The summed E-state index contributed by atoms with van der Waals surface area (Å²) in [6.45, 7) is 0. The number of nitrogen functional groups attached to an aromatic ring is 1. The second-order valence-electron chi connectivity index (χ2n) is 3.53. The summed E-state index contributed by atoms with van der Waals surface area (Å²) in [5, 5.41) is 2.61. The highest BCUT2D eigenvalue weighted by molar-refractivity contribution is 9.10. The standard InChI is InChI=1S/C12H9BrFN3O/c13-8-6-7(14)4-5-9(8)17-12(18)10-2-1-3-11(15)16-10/h1-6H,(H2,15,16)(H,17,18). The Bertz CT molecular complexity index is 604. The predicted octanol–water partition coefficient (Wildman–Crippen LogP) is 2.82. The first-order valence-electron chi connectivity index (χ1n) is 5.05. The van der Waals surface area contributed by atoms with Crippen LogP contribution >= 0.6 is 15.9 Å². The van der Waals surface area contributed by atoms with Gasteiger partial charge in [-0.15, -0.1) is 0 Å². The summed E-state index contributed by atoms with van der Waals surface area (Å²) in [6, 6.07) is 8.75. The molecule has 92 valence electrons. The third kappa shape index (κ3) is 2.84. The van der Waals surface area contributed by atoms with Crippen LogP contribution in [0.4, 0.5) is 15.9 Å². The Hall–Kier alpha value is -1.95. The number of nitrogens with two attached hydrogens (primary N) is 1. The second kappa shape index (κ2) is 5.14. The molecule has 2 aromatic rings. The van der Waals surface area contributed by atoms with Crippen LogP contribution in [-0.4, -0.2) is 10.9 Å². The minimum atomic E-state index is -0.408. The molecule has 0 fully saturated rings. The van der Waals surface area contributed by atoms with E-state index >= 15 is 0 Å². The van der Waals surface area contributed by atoms with E-state index in [1.165, 1.54) is 18.2 Å². The maximum Gasteiger partial charge on any atom is 0.274 e. The first-order chi connectivity index (χ1) is 8.56. The summed E-state index contributed by atoms with van der Waals surface area (Å²) in [4.78, 5) is 15.8. The average molecular weight is 310 g/mol. The summed E-state index contributed by atoms with van der Waals surface area (Å²) in [7, 11) is 0. The Kier molecular flexibility index (Phi) is 3.57. The predicted molar refractivity (Wildman–Crippen MR) is 70.7 cm³/mol. The molecule has 0 bridgehead atoms. The quantitative estimate of drug-likeness (QED) is 0.896. The molecule has 0 unspecified atom stereocenters. The lowest BCUT2D eigenvalue weighted by atomic mass is 10.3. The highest BCUT2D eigenvalue weighted by Crippen LogP contribution is 2.23. The van der Waals surface area contributed by atoms with Gasteiger partial charge in [0.15, 0.2) is 0 Å². The van der Waals surface area contributed by atoms with E-state index in [1.54, 1.807) is 18.2 Å². The van der Waals surface area contributed by atoms with E-state index < -0.39 is 5.91 Å². The number of nitrogens with zero attached hydrogens (tertiary/aromatic N) is 1. The van der Waals surface area contributed by atoms with Crippen molar-refractivity contribution in [1.82, 2.24) is 4.98 Å². The van der Waals surface area contributed by atoms with Crippen molar-refractivity contribution in [3.8, 4) is 0 Å². The summed E-state index contributed by atoms with van der Waals surface area (Å²) in [5.41, 5.74) is 6.15. The van der Waals surface area contributed by atoms with Gasteiger partial charge in [-0.05, 0) is 46.3 Å². The van der Waals surface area contributed by atoms with E-state index in [0.717, 1.165) is 0 Å². The fourth-order valence-corrected chi connectivity index (χ4v) is 1.81. The van der Waals surface area contributed by atoms with Gasteiger partial charge in [0.2, 0.25) is 0 Å². The van der Waals surface area contributed by atoms with E-state index in [0.29, 0.717) is 10.2 Å². The van der Waals surface area contributed by atoms with Crippen molar-refractivity contribution in [2.75, 3.05) is 11.1 Å². The van der Waals surface area contributed by atoms with Gasteiger partial charge in [0.05, 0.1) is 5.69 Å². The molecule has 0 atom stereocenters. The van der Waals surface area contributed by atoms with Crippen LogP contribution in [0.3, 0.4) is 0 Å². The minimum absolute atomic E-state index is 0.200. The monoisotopic (exact) mass is 309 g/mol. The van der Waals surface area contributed by atoms with Crippen LogP contribution in [0.25, 0.3) is 0 Å². The van der Waals surface area contributed by atoms with Gasteiger partial charge in [-0.1, -0.05) is 6.07 Å². The van der Waals surface area contributed by atoms with Crippen LogP contribution in [0, 0.1) is 5.82 Å². The van der Waals surface area contributed by atoms with Gasteiger partial charge in [0.25, 0.3) is 5.91 Å². The molecule has 1 heterocycles. The molecule has 0 aliphatic heterocycles. The summed E-state index contributed by atoms with van der Waals surface area (Å²) >= 11 is 3.16. The third-order valence-electron chi connectivity index (χ3n) is 2.18. The molecule has 4 nitrogen and oxygen atoms in total. The number of benzene rings is 1. The first-order valence-corrected chi connectivity index (χ1v) is 5.84. The number of carbonyl (C=O) groups excluding carboxylic acids is 1. The Morgan fingerprint density at radius 3 is 2.78 bits per heavy atom. The van der Waals surface area contributed by atoms with E-state index in [1.807, 2.05) is 0 Å². The van der Waals surface area contributed by atoms with Crippen molar-refractivity contribution in [2.45, 2.75) is 0 Å². The molecular formula is C12H9BrFN3O. The number of carbonyl (C=O) groups is 1. The molecule has 0 aliphatic rings. The molecule has 0 spiro atoms. The fraction of sp³-hybridized carbons (Fsp3) is 0.